The lowest BCUT2D eigenvalue weighted by atomic mass is 10.2. The number of ether oxygens (including phenoxy) is 1. The average molecular weight is 454 g/mol. The minimum absolute atomic E-state index is 0.241. The van der Waals surface area contributed by atoms with Gasteiger partial charge in [-0.2, -0.15) is 0 Å². The topological polar surface area (TPSA) is 103 Å². The van der Waals surface area contributed by atoms with E-state index in [2.05, 4.69) is 15.0 Å². The number of aromatic amines is 1. The second kappa shape index (κ2) is 7.56. The van der Waals surface area contributed by atoms with Crippen LogP contribution in [0.15, 0.2) is 53.0 Å². The van der Waals surface area contributed by atoms with Crippen LogP contribution in [0.5, 0.6) is 0 Å². The zero-order valence-corrected chi connectivity index (χ0v) is 18.5. The summed E-state index contributed by atoms with van der Waals surface area (Å²) in [7, 11) is -1.68. The van der Waals surface area contributed by atoms with Crippen molar-refractivity contribution in [1.29, 1.82) is 0 Å². The summed E-state index contributed by atoms with van der Waals surface area (Å²) >= 11 is 1.60. The number of benzene rings is 2. The fraction of sp³-hybridized carbons (Fsp3) is 0.190. The number of hydrogen-bond donors (Lipinski definition) is 1. The first-order valence-corrected chi connectivity index (χ1v) is 12.3. The molecule has 31 heavy (non-hydrogen) atoms. The summed E-state index contributed by atoms with van der Waals surface area (Å²) in [6, 6.07) is 11.0. The van der Waals surface area contributed by atoms with Crippen LogP contribution in [0.2, 0.25) is 0 Å². The molecule has 0 aliphatic heterocycles. The quantitative estimate of drug-likeness (QED) is 0.420. The Morgan fingerprint density at radius 1 is 1.13 bits per heavy atom. The van der Waals surface area contributed by atoms with Gasteiger partial charge in [-0.05, 0) is 36.4 Å². The second-order valence-corrected chi connectivity index (χ2v) is 10.1. The third-order valence-electron chi connectivity index (χ3n) is 5.09. The molecule has 158 valence electrons. The van der Waals surface area contributed by atoms with Gasteiger partial charge in [-0.25, -0.2) is 23.4 Å². The summed E-state index contributed by atoms with van der Waals surface area (Å²) in [6.07, 6.45) is 2.93. The van der Waals surface area contributed by atoms with Gasteiger partial charge in [0.15, 0.2) is 15.7 Å². The van der Waals surface area contributed by atoms with E-state index in [0.29, 0.717) is 30.3 Å². The number of sulfone groups is 1. The van der Waals surface area contributed by atoms with E-state index in [-0.39, 0.29) is 4.90 Å². The zero-order chi connectivity index (χ0) is 21.6. The summed E-state index contributed by atoms with van der Waals surface area (Å²) in [5.41, 5.74) is 5.87. The molecule has 0 saturated carbocycles. The second-order valence-electron chi connectivity index (χ2n) is 7.18. The standard InChI is InChI=1S/C21H19N5O3S2/c1-29-8-7-26-18-5-4-14(31(2,27)28)10-15(18)25-21(26)17-11-22-20(24-17)13-3-6-19-16(9-13)23-12-30-19/h3-6,9-12H,7-8H2,1-2H3,(H,22,24). The molecule has 0 fully saturated rings. The first-order chi connectivity index (χ1) is 14.9. The molecule has 1 N–H and O–H groups in total. The molecule has 5 aromatic rings. The maximum Gasteiger partial charge on any atom is 0.175 e. The van der Waals surface area contributed by atoms with E-state index in [1.165, 1.54) is 6.26 Å². The van der Waals surface area contributed by atoms with Crippen LogP contribution in [0.25, 0.3) is 44.2 Å². The highest BCUT2D eigenvalue weighted by Crippen LogP contribution is 2.29. The lowest BCUT2D eigenvalue weighted by Gasteiger charge is -2.07. The van der Waals surface area contributed by atoms with E-state index < -0.39 is 9.84 Å². The van der Waals surface area contributed by atoms with Crippen LogP contribution in [0.3, 0.4) is 0 Å². The Labute approximate surface area is 182 Å². The predicted molar refractivity (Wildman–Crippen MR) is 121 cm³/mol. The molecule has 0 atom stereocenters. The van der Waals surface area contributed by atoms with Gasteiger partial charge in [0.1, 0.15) is 11.5 Å². The fourth-order valence-corrected chi connectivity index (χ4v) is 4.84. The Kier molecular flexibility index (Phi) is 4.84. The summed E-state index contributed by atoms with van der Waals surface area (Å²) in [5.74, 6) is 1.39. The van der Waals surface area contributed by atoms with Crippen molar-refractivity contribution in [1.82, 2.24) is 24.5 Å². The van der Waals surface area contributed by atoms with Crippen LogP contribution in [0.1, 0.15) is 0 Å². The summed E-state index contributed by atoms with van der Waals surface area (Å²) < 4.78 is 32.3. The van der Waals surface area contributed by atoms with Gasteiger partial charge in [-0.3, -0.25) is 0 Å². The first-order valence-electron chi connectivity index (χ1n) is 9.52. The molecule has 8 nitrogen and oxygen atoms in total. The smallest absolute Gasteiger partial charge is 0.175 e. The lowest BCUT2D eigenvalue weighted by molar-refractivity contribution is 0.188. The van der Waals surface area contributed by atoms with Crippen LogP contribution >= 0.6 is 11.3 Å². The van der Waals surface area contributed by atoms with E-state index in [4.69, 9.17) is 9.72 Å². The molecular weight excluding hydrogens is 434 g/mol. The number of rotatable bonds is 6. The number of H-pyrrole nitrogens is 1. The van der Waals surface area contributed by atoms with Gasteiger partial charge in [0, 0.05) is 25.5 Å². The van der Waals surface area contributed by atoms with Crippen LogP contribution in [-0.4, -0.2) is 52.9 Å². The van der Waals surface area contributed by atoms with Gasteiger partial charge in [0.2, 0.25) is 0 Å². The largest absolute Gasteiger partial charge is 0.383 e. The molecule has 0 bridgehead atoms. The van der Waals surface area contributed by atoms with Gasteiger partial charge in [-0.1, -0.05) is 0 Å². The van der Waals surface area contributed by atoms with E-state index >= 15 is 0 Å². The third kappa shape index (κ3) is 3.62. The number of thiazole rings is 1. The molecule has 3 heterocycles. The summed E-state index contributed by atoms with van der Waals surface area (Å²) in [5, 5.41) is 0. The number of nitrogens with zero attached hydrogens (tertiary/aromatic N) is 4. The van der Waals surface area contributed by atoms with Crippen molar-refractivity contribution in [3.8, 4) is 22.9 Å². The minimum Gasteiger partial charge on any atom is -0.383 e. The van der Waals surface area contributed by atoms with Gasteiger partial charge in [-0.15, -0.1) is 11.3 Å². The Morgan fingerprint density at radius 2 is 2.00 bits per heavy atom. The van der Waals surface area contributed by atoms with Crippen molar-refractivity contribution >= 4 is 42.4 Å². The number of hydrogen-bond acceptors (Lipinski definition) is 7. The fourth-order valence-electron chi connectivity index (χ4n) is 3.54. The number of imidazole rings is 2. The highest BCUT2D eigenvalue weighted by Gasteiger charge is 2.18. The van der Waals surface area contributed by atoms with Crippen molar-refractivity contribution in [3.05, 3.63) is 48.1 Å². The highest BCUT2D eigenvalue weighted by molar-refractivity contribution is 7.90. The predicted octanol–water partition coefficient (Wildman–Crippen LogP) is 3.75. The van der Waals surface area contributed by atoms with Crippen LogP contribution in [0, 0.1) is 0 Å². The third-order valence-corrected chi connectivity index (χ3v) is 7.01. The Morgan fingerprint density at radius 3 is 2.81 bits per heavy atom. The molecule has 0 spiro atoms. The van der Waals surface area contributed by atoms with Crippen molar-refractivity contribution in [2.45, 2.75) is 11.4 Å². The molecule has 0 radical (unpaired) electrons. The molecule has 0 aliphatic carbocycles. The average Bonchev–Trinajstić information content (AvgIpc) is 3.48. The maximum atomic E-state index is 12.0. The SMILES string of the molecule is COCCn1c(-c2cnc(-c3ccc4scnc4c3)[nH]2)nc2cc(S(C)(=O)=O)ccc21. The molecule has 0 amide bonds. The van der Waals surface area contributed by atoms with E-state index in [1.54, 1.807) is 42.8 Å². The van der Waals surface area contributed by atoms with E-state index in [9.17, 15) is 8.42 Å². The number of methoxy groups -OCH3 is 1. The molecule has 5 rings (SSSR count). The van der Waals surface area contributed by atoms with Crippen molar-refractivity contribution in [3.63, 3.8) is 0 Å². The van der Waals surface area contributed by atoms with Crippen molar-refractivity contribution in [2.24, 2.45) is 0 Å². The highest BCUT2D eigenvalue weighted by atomic mass is 32.2. The lowest BCUT2D eigenvalue weighted by Crippen LogP contribution is -2.06. The molecule has 0 aliphatic rings. The van der Waals surface area contributed by atoms with Gasteiger partial charge >= 0.3 is 0 Å². The Bertz CT molecular complexity index is 1510. The number of aromatic nitrogens is 5. The van der Waals surface area contributed by atoms with Gasteiger partial charge < -0.3 is 14.3 Å². The van der Waals surface area contributed by atoms with Crippen LogP contribution in [0.4, 0.5) is 0 Å². The van der Waals surface area contributed by atoms with Crippen molar-refractivity contribution in [2.75, 3.05) is 20.0 Å². The molecule has 3 aromatic heterocycles. The molecular formula is C21H19N5O3S2. The first kappa shape index (κ1) is 19.9. The van der Waals surface area contributed by atoms with Gasteiger partial charge in [0.05, 0.1) is 44.5 Å². The van der Waals surface area contributed by atoms with E-state index in [0.717, 1.165) is 27.0 Å². The minimum atomic E-state index is -3.32. The van der Waals surface area contributed by atoms with E-state index in [1.807, 2.05) is 28.3 Å². The Hall–Kier alpha value is -3.08. The number of fused-ring (bicyclic) bond motifs is 2. The summed E-state index contributed by atoms with van der Waals surface area (Å²) in [4.78, 5) is 17.2. The summed E-state index contributed by atoms with van der Waals surface area (Å²) in [6.45, 7) is 1.06. The van der Waals surface area contributed by atoms with Gasteiger partial charge in [0.25, 0.3) is 0 Å². The number of nitrogens with one attached hydrogen (secondary N) is 1. The molecule has 0 unspecified atom stereocenters. The molecule has 2 aromatic carbocycles. The van der Waals surface area contributed by atoms with Crippen molar-refractivity contribution < 1.29 is 13.2 Å². The monoisotopic (exact) mass is 453 g/mol. The van der Waals surface area contributed by atoms with Crippen LogP contribution < -0.4 is 0 Å². The maximum absolute atomic E-state index is 12.0. The van der Waals surface area contributed by atoms with Crippen LogP contribution in [-0.2, 0) is 21.1 Å². The zero-order valence-electron chi connectivity index (χ0n) is 16.9. The Balaban J connectivity index is 1.61. The molecule has 0 saturated heterocycles. The normalized spacial score (nSPS) is 12.2. The molecule has 10 heteroatoms.